The molecule has 2 aromatic rings. The van der Waals surface area contributed by atoms with Gasteiger partial charge in [0.1, 0.15) is 12.9 Å². The first-order valence-electron chi connectivity index (χ1n) is 3.69. The average Bonchev–Trinajstić information content (AvgIpc) is 2.71. The third-order valence-electron chi connectivity index (χ3n) is 1.63. The Labute approximate surface area is 75.2 Å². The summed E-state index contributed by atoms with van der Waals surface area (Å²) in [5, 5.41) is 7.35. The van der Waals surface area contributed by atoms with Gasteiger partial charge in [0, 0.05) is 5.56 Å². The van der Waals surface area contributed by atoms with Gasteiger partial charge in [0.2, 0.25) is 12.3 Å². The van der Waals surface area contributed by atoms with Gasteiger partial charge in [-0.3, -0.25) is 0 Å². The second-order valence-corrected chi connectivity index (χ2v) is 2.41. The first kappa shape index (κ1) is 7.79. The number of nitrogens with zero attached hydrogens (tertiary/aromatic N) is 2. The van der Waals surface area contributed by atoms with E-state index in [-0.39, 0.29) is 0 Å². The fourth-order valence-electron chi connectivity index (χ4n) is 0.993. The van der Waals surface area contributed by atoms with Crippen molar-refractivity contribution < 1.29 is 9.15 Å². The number of rotatable bonds is 2. The molecule has 0 aliphatic rings. The van der Waals surface area contributed by atoms with Gasteiger partial charge in [-0.1, -0.05) is 0 Å². The Bertz CT molecular complexity index is 367. The van der Waals surface area contributed by atoms with Crippen molar-refractivity contribution in [1.82, 2.24) is 10.2 Å². The molecule has 0 fully saturated rings. The molecule has 1 aromatic carbocycles. The van der Waals surface area contributed by atoms with Crippen LogP contribution in [0.2, 0.25) is 0 Å². The van der Waals surface area contributed by atoms with E-state index in [4.69, 9.17) is 9.15 Å². The van der Waals surface area contributed by atoms with Crippen LogP contribution in [-0.4, -0.2) is 10.2 Å². The van der Waals surface area contributed by atoms with Gasteiger partial charge in [-0.25, -0.2) is 0 Å². The predicted octanol–water partition coefficient (Wildman–Crippen LogP) is 1.91. The van der Waals surface area contributed by atoms with E-state index >= 15 is 0 Å². The van der Waals surface area contributed by atoms with E-state index in [2.05, 4.69) is 17.3 Å². The molecule has 4 heteroatoms. The van der Waals surface area contributed by atoms with E-state index < -0.39 is 0 Å². The Hall–Kier alpha value is -1.84. The van der Waals surface area contributed by atoms with Crippen LogP contribution in [0.4, 0.5) is 0 Å². The molecule has 0 atom stereocenters. The highest BCUT2D eigenvalue weighted by Crippen LogP contribution is 2.19. The Morgan fingerprint density at radius 3 is 2.54 bits per heavy atom. The summed E-state index contributed by atoms with van der Waals surface area (Å²) in [5.41, 5.74) is 0.860. The van der Waals surface area contributed by atoms with Crippen molar-refractivity contribution >= 4 is 0 Å². The number of hydrogen-bond donors (Lipinski definition) is 0. The molecule has 0 saturated carbocycles. The summed E-state index contributed by atoms with van der Waals surface area (Å²) in [5.74, 6) is 1.19. The second-order valence-electron chi connectivity index (χ2n) is 2.41. The number of benzene rings is 1. The molecule has 0 bridgehead atoms. The number of ether oxygens (including phenoxy) is 1. The maximum atomic E-state index is 5.01. The molecule has 0 aliphatic carbocycles. The molecule has 13 heavy (non-hydrogen) atoms. The molecule has 0 N–H and O–H groups in total. The van der Waals surface area contributed by atoms with Gasteiger partial charge in [-0.2, -0.15) is 0 Å². The standard InChI is InChI=1S/C9H7N2O2/c1-12-8-4-2-7(3-5-8)9-11-10-6-13-9/h2-6H,1H2. The summed E-state index contributed by atoms with van der Waals surface area (Å²) in [4.78, 5) is 0. The fraction of sp³-hybridized carbons (Fsp3) is 0. The summed E-state index contributed by atoms with van der Waals surface area (Å²) in [6.45, 7) is 0. The highest BCUT2D eigenvalue weighted by atomic mass is 16.5. The lowest BCUT2D eigenvalue weighted by atomic mass is 10.2. The van der Waals surface area contributed by atoms with Gasteiger partial charge in [0.15, 0.2) is 0 Å². The zero-order valence-electron chi connectivity index (χ0n) is 6.80. The summed E-state index contributed by atoms with van der Waals surface area (Å²) in [6, 6.07) is 7.22. The van der Waals surface area contributed by atoms with Crippen molar-refractivity contribution in [2.75, 3.05) is 0 Å². The Balaban J connectivity index is 2.33. The zero-order valence-corrected chi connectivity index (χ0v) is 6.80. The third-order valence-corrected chi connectivity index (χ3v) is 1.63. The molecule has 1 heterocycles. The van der Waals surface area contributed by atoms with Gasteiger partial charge < -0.3 is 9.15 Å². The van der Waals surface area contributed by atoms with Crippen LogP contribution in [-0.2, 0) is 0 Å². The Morgan fingerprint density at radius 2 is 2.00 bits per heavy atom. The number of aromatic nitrogens is 2. The molecule has 0 spiro atoms. The molecule has 0 unspecified atom stereocenters. The highest BCUT2D eigenvalue weighted by molar-refractivity contribution is 5.53. The largest absolute Gasteiger partial charge is 0.490 e. The fourth-order valence-corrected chi connectivity index (χ4v) is 0.993. The Kier molecular flexibility index (Phi) is 1.96. The molecule has 1 aromatic heterocycles. The molecule has 65 valence electrons. The molecule has 4 nitrogen and oxygen atoms in total. The van der Waals surface area contributed by atoms with Crippen molar-refractivity contribution in [2.45, 2.75) is 0 Å². The minimum atomic E-state index is 0.496. The molecular formula is C9H7N2O2. The first-order valence-corrected chi connectivity index (χ1v) is 3.69. The topological polar surface area (TPSA) is 48.2 Å². The molecule has 2 rings (SSSR count). The van der Waals surface area contributed by atoms with Crippen LogP contribution in [0, 0.1) is 7.11 Å². The Morgan fingerprint density at radius 1 is 1.23 bits per heavy atom. The van der Waals surface area contributed by atoms with E-state index in [1.54, 1.807) is 12.1 Å². The van der Waals surface area contributed by atoms with E-state index in [9.17, 15) is 0 Å². The van der Waals surface area contributed by atoms with Gasteiger partial charge in [-0.15, -0.1) is 10.2 Å². The lowest BCUT2D eigenvalue weighted by Crippen LogP contribution is -1.80. The van der Waals surface area contributed by atoms with E-state index in [1.165, 1.54) is 6.39 Å². The quantitative estimate of drug-likeness (QED) is 0.699. The lowest BCUT2D eigenvalue weighted by Gasteiger charge is -1.98. The molecular weight excluding hydrogens is 168 g/mol. The van der Waals surface area contributed by atoms with Crippen LogP contribution in [0.3, 0.4) is 0 Å². The van der Waals surface area contributed by atoms with Crippen molar-refractivity contribution in [2.24, 2.45) is 0 Å². The van der Waals surface area contributed by atoms with Crippen molar-refractivity contribution in [1.29, 1.82) is 0 Å². The van der Waals surface area contributed by atoms with E-state index in [1.807, 2.05) is 12.1 Å². The van der Waals surface area contributed by atoms with Crippen LogP contribution in [0.1, 0.15) is 0 Å². The van der Waals surface area contributed by atoms with Crippen molar-refractivity contribution in [3.63, 3.8) is 0 Å². The van der Waals surface area contributed by atoms with Gasteiger partial charge in [0.05, 0.1) is 0 Å². The van der Waals surface area contributed by atoms with Crippen LogP contribution in [0.15, 0.2) is 35.1 Å². The highest BCUT2D eigenvalue weighted by Gasteiger charge is 2.02. The molecule has 0 aliphatic heterocycles. The summed E-state index contributed by atoms with van der Waals surface area (Å²) >= 11 is 0. The SMILES string of the molecule is [CH2]Oc1ccc(-c2nnco2)cc1. The van der Waals surface area contributed by atoms with Crippen molar-refractivity contribution in [3.8, 4) is 17.2 Å². The second kappa shape index (κ2) is 3.26. The zero-order chi connectivity index (χ0) is 9.10. The van der Waals surface area contributed by atoms with Crippen molar-refractivity contribution in [3.05, 3.63) is 37.8 Å². The first-order chi connectivity index (χ1) is 6.40. The molecule has 1 radical (unpaired) electrons. The minimum absolute atomic E-state index is 0.496. The van der Waals surface area contributed by atoms with E-state index in [0.717, 1.165) is 5.56 Å². The van der Waals surface area contributed by atoms with Gasteiger partial charge in [0.25, 0.3) is 0 Å². The summed E-state index contributed by atoms with van der Waals surface area (Å²) < 4.78 is 9.78. The van der Waals surface area contributed by atoms with E-state index in [0.29, 0.717) is 11.6 Å². The van der Waals surface area contributed by atoms with Gasteiger partial charge in [-0.05, 0) is 24.3 Å². The summed E-state index contributed by atoms with van der Waals surface area (Å²) in [6.07, 6.45) is 1.29. The number of hydrogen-bond acceptors (Lipinski definition) is 4. The summed E-state index contributed by atoms with van der Waals surface area (Å²) in [7, 11) is 3.30. The molecule has 0 saturated heterocycles. The third kappa shape index (κ3) is 1.51. The van der Waals surface area contributed by atoms with Crippen LogP contribution < -0.4 is 4.74 Å². The maximum absolute atomic E-state index is 5.01. The monoisotopic (exact) mass is 175 g/mol. The smallest absolute Gasteiger partial charge is 0.247 e. The predicted molar refractivity (Wildman–Crippen MR) is 45.7 cm³/mol. The molecule has 0 amide bonds. The lowest BCUT2D eigenvalue weighted by molar-refractivity contribution is 0.473. The van der Waals surface area contributed by atoms with Gasteiger partial charge >= 0.3 is 0 Å². The minimum Gasteiger partial charge on any atom is -0.490 e. The normalized spacial score (nSPS) is 9.92. The maximum Gasteiger partial charge on any atom is 0.247 e. The van der Waals surface area contributed by atoms with Crippen LogP contribution in [0.5, 0.6) is 5.75 Å². The average molecular weight is 175 g/mol. The van der Waals surface area contributed by atoms with Crippen LogP contribution >= 0.6 is 0 Å². The van der Waals surface area contributed by atoms with Crippen LogP contribution in [0.25, 0.3) is 11.5 Å².